The molecule has 0 aliphatic heterocycles. The van der Waals surface area contributed by atoms with Crippen LogP contribution in [-0.4, -0.2) is 43.9 Å². The van der Waals surface area contributed by atoms with E-state index in [0.717, 1.165) is 41.0 Å². The van der Waals surface area contributed by atoms with Crippen LogP contribution in [0.5, 0.6) is 0 Å². The summed E-state index contributed by atoms with van der Waals surface area (Å²) in [4.78, 5) is 22.8. The molecule has 0 fully saturated rings. The van der Waals surface area contributed by atoms with Crippen LogP contribution in [0.1, 0.15) is 29.8 Å². The first-order valence-corrected chi connectivity index (χ1v) is 10.4. The predicted octanol–water partition coefficient (Wildman–Crippen LogP) is 4.99. The lowest BCUT2D eigenvalue weighted by Crippen LogP contribution is -2.24. The van der Waals surface area contributed by atoms with Crippen LogP contribution < -0.4 is 4.90 Å². The second-order valence-corrected chi connectivity index (χ2v) is 7.57. The average Bonchev–Trinajstić information content (AvgIpc) is 3.25. The zero-order valence-electron chi connectivity index (χ0n) is 17.5. The summed E-state index contributed by atoms with van der Waals surface area (Å²) in [6.45, 7) is 7.68. The molecule has 0 saturated carbocycles. The summed E-state index contributed by atoms with van der Waals surface area (Å²) in [6, 6.07) is 12.0. The second kappa shape index (κ2) is 8.35. The Balaban J connectivity index is 1.97. The molecule has 0 aliphatic carbocycles. The number of carboxylic acid groups (broad SMARTS) is 1. The number of anilines is 1. The van der Waals surface area contributed by atoms with Gasteiger partial charge in [-0.15, -0.1) is 0 Å². The van der Waals surface area contributed by atoms with Gasteiger partial charge < -0.3 is 10.0 Å². The number of fused-ring (bicyclic) bond motifs is 1. The largest absolute Gasteiger partial charge is 0.478 e. The summed E-state index contributed by atoms with van der Waals surface area (Å²) >= 11 is 6.68. The SMILES string of the molecule is CCN(CC)c1nc(-n2cc(C(=O)O)cn2)nc2cc(Cl)c(-c3ccccc3C)cc12. The number of benzene rings is 2. The van der Waals surface area contributed by atoms with Gasteiger partial charge in [-0.3, -0.25) is 0 Å². The summed E-state index contributed by atoms with van der Waals surface area (Å²) in [5.41, 5.74) is 3.84. The third-order valence-corrected chi connectivity index (χ3v) is 5.60. The van der Waals surface area contributed by atoms with Crippen LogP contribution >= 0.6 is 11.6 Å². The van der Waals surface area contributed by atoms with Crippen molar-refractivity contribution in [2.75, 3.05) is 18.0 Å². The van der Waals surface area contributed by atoms with Gasteiger partial charge in [-0.2, -0.15) is 10.1 Å². The van der Waals surface area contributed by atoms with Crippen molar-refractivity contribution in [1.82, 2.24) is 19.7 Å². The number of aromatic nitrogens is 4. The zero-order chi connectivity index (χ0) is 22.1. The Morgan fingerprint density at radius 1 is 1.13 bits per heavy atom. The minimum Gasteiger partial charge on any atom is -0.478 e. The fourth-order valence-electron chi connectivity index (χ4n) is 3.61. The maximum absolute atomic E-state index is 11.3. The number of aromatic carboxylic acids is 1. The Morgan fingerprint density at radius 3 is 2.52 bits per heavy atom. The van der Waals surface area contributed by atoms with Gasteiger partial charge in [-0.25, -0.2) is 14.5 Å². The normalized spacial score (nSPS) is 11.1. The molecule has 7 nitrogen and oxygen atoms in total. The molecule has 1 N–H and O–H groups in total. The molecule has 2 aromatic carbocycles. The Labute approximate surface area is 184 Å². The Morgan fingerprint density at radius 2 is 1.87 bits per heavy atom. The molecular weight excluding hydrogens is 414 g/mol. The molecule has 0 unspecified atom stereocenters. The lowest BCUT2D eigenvalue weighted by Gasteiger charge is -2.22. The summed E-state index contributed by atoms with van der Waals surface area (Å²) in [5, 5.41) is 14.8. The first-order valence-electron chi connectivity index (χ1n) is 10.0. The maximum atomic E-state index is 11.3. The van der Waals surface area contributed by atoms with Gasteiger partial charge in [-0.1, -0.05) is 35.9 Å². The smallest absolute Gasteiger partial charge is 0.338 e. The molecular formula is C23H22ClN5O2. The van der Waals surface area contributed by atoms with E-state index in [2.05, 4.69) is 41.8 Å². The number of carbonyl (C=O) groups is 1. The van der Waals surface area contributed by atoms with Gasteiger partial charge in [0.1, 0.15) is 5.82 Å². The molecule has 0 amide bonds. The summed E-state index contributed by atoms with van der Waals surface area (Å²) in [7, 11) is 0. The van der Waals surface area contributed by atoms with E-state index in [4.69, 9.17) is 16.6 Å². The zero-order valence-corrected chi connectivity index (χ0v) is 18.3. The van der Waals surface area contributed by atoms with Gasteiger partial charge in [0.15, 0.2) is 0 Å². The Hall–Kier alpha value is -3.45. The average molecular weight is 436 g/mol. The Bertz CT molecular complexity index is 1280. The summed E-state index contributed by atoms with van der Waals surface area (Å²) in [5.74, 6) is -0.00703. The molecule has 8 heteroatoms. The van der Waals surface area contributed by atoms with Crippen LogP contribution in [0.15, 0.2) is 48.8 Å². The quantitative estimate of drug-likeness (QED) is 0.459. The summed E-state index contributed by atoms with van der Waals surface area (Å²) in [6.07, 6.45) is 2.68. The molecule has 158 valence electrons. The van der Waals surface area contributed by atoms with Crippen LogP contribution in [0.4, 0.5) is 5.82 Å². The van der Waals surface area contributed by atoms with E-state index >= 15 is 0 Å². The first kappa shape index (κ1) is 20.8. The van der Waals surface area contributed by atoms with Gasteiger partial charge in [0, 0.05) is 30.2 Å². The Kier molecular flexibility index (Phi) is 5.61. The molecule has 2 aromatic heterocycles. The number of halogens is 1. The topological polar surface area (TPSA) is 84.1 Å². The number of hydrogen-bond donors (Lipinski definition) is 1. The predicted molar refractivity (Wildman–Crippen MR) is 122 cm³/mol. The number of carboxylic acids is 1. The second-order valence-electron chi connectivity index (χ2n) is 7.16. The lowest BCUT2D eigenvalue weighted by atomic mass is 9.99. The number of aryl methyl sites for hydroxylation is 1. The van der Waals surface area contributed by atoms with Crippen molar-refractivity contribution < 1.29 is 9.90 Å². The highest BCUT2D eigenvalue weighted by Gasteiger charge is 2.18. The molecule has 31 heavy (non-hydrogen) atoms. The van der Waals surface area contributed by atoms with E-state index in [1.54, 1.807) is 0 Å². The highest BCUT2D eigenvalue weighted by molar-refractivity contribution is 6.34. The van der Waals surface area contributed by atoms with Gasteiger partial charge in [0.05, 0.1) is 22.3 Å². The molecule has 4 aromatic rings. The van der Waals surface area contributed by atoms with Crippen molar-refractivity contribution in [2.45, 2.75) is 20.8 Å². The van der Waals surface area contributed by atoms with Crippen molar-refractivity contribution in [3.05, 3.63) is 64.9 Å². The van der Waals surface area contributed by atoms with E-state index in [9.17, 15) is 9.90 Å². The van der Waals surface area contributed by atoms with Crippen molar-refractivity contribution in [2.24, 2.45) is 0 Å². The molecule has 0 saturated heterocycles. The van der Waals surface area contributed by atoms with Gasteiger partial charge in [0.25, 0.3) is 5.95 Å². The minimum absolute atomic E-state index is 0.0704. The van der Waals surface area contributed by atoms with Crippen LogP contribution in [0.25, 0.3) is 28.0 Å². The highest BCUT2D eigenvalue weighted by atomic mass is 35.5. The van der Waals surface area contributed by atoms with Crippen LogP contribution in [-0.2, 0) is 0 Å². The van der Waals surface area contributed by atoms with Crippen LogP contribution in [0.3, 0.4) is 0 Å². The molecule has 0 bridgehead atoms. The molecule has 0 atom stereocenters. The highest BCUT2D eigenvalue weighted by Crippen LogP contribution is 2.36. The molecule has 4 rings (SSSR count). The minimum atomic E-state index is -1.05. The van der Waals surface area contributed by atoms with Crippen LogP contribution in [0, 0.1) is 6.92 Å². The lowest BCUT2D eigenvalue weighted by molar-refractivity contribution is 0.0697. The van der Waals surface area contributed by atoms with Crippen molar-refractivity contribution >= 4 is 34.3 Å². The number of nitrogens with zero attached hydrogens (tertiary/aromatic N) is 5. The van der Waals surface area contributed by atoms with E-state index in [0.29, 0.717) is 16.5 Å². The van der Waals surface area contributed by atoms with E-state index < -0.39 is 5.97 Å². The van der Waals surface area contributed by atoms with Crippen molar-refractivity contribution in [1.29, 1.82) is 0 Å². The van der Waals surface area contributed by atoms with Crippen molar-refractivity contribution in [3.8, 4) is 17.1 Å². The standard InChI is InChI=1S/C23H22ClN5O2/c1-4-28(5-2)21-18-10-17(16-9-7-6-8-14(16)3)19(24)11-20(18)26-23(27-21)29-13-15(12-25-29)22(30)31/h6-13H,4-5H2,1-3H3,(H,30,31). The van der Waals surface area contributed by atoms with Gasteiger partial charge in [0.2, 0.25) is 0 Å². The molecule has 0 spiro atoms. The fourth-order valence-corrected chi connectivity index (χ4v) is 3.87. The van der Waals surface area contributed by atoms with E-state index in [1.807, 2.05) is 30.3 Å². The van der Waals surface area contributed by atoms with Gasteiger partial charge in [-0.05, 0) is 44.0 Å². The van der Waals surface area contributed by atoms with Gasteiger partial charge >= 0.3 is 5.97 Å². The molecule has 0 radical (unpaired) electrons. The summed E-state index contributed by atoms with van der Waals surface area (Å²) < 4.78 is 1.37. The maximum Gasteiger partial charge on any atom is 0.338 e. The van der Waals surface area contributed by atoms with Crippen LogP contribution in [0.2, 0.25) is 5.02 Å². The monoisotopic (exact) mass is 435 g/mol. The third kappa shape index (κ3) is 3.84. The van der Waals surface area contributed by atoms with Crippen molar-refractivity contribution in [3.63, 3.8) is 0 Å². The number of rotatable bonds is 6. The fraction of sp³-hybridized carbons (Fsp3) is 0.217. The first-order chi connectivity index (χ1) is 14.9. The van der Waals surface area contributed by atoms with E-state index in [-0.39, 0.29) is 5.56 Å². The van der Waals surface area contributed by atoms with E-state index in [1.165, 1.54) is 17.1 Å². The molecule has 2 heterocycles. The molecule has 0 aliphatic rings. The number of hydrogen-bond acceptors (Lipinski definition) is 5. The third-order valence-electron chi connectivity index (χ3n) is 5.29.